The van der Waals surface area contributed by atoms with E-state index in [0.29, 0.717) is 17.3 Å². The monoisotopic (exact) mass is 1430 g/mol. The largest absolute Gasteiger partial charge is 0.496 e. The Hall–Kier alpha value is -12.9. The number of carbonyl (C=O) groups is 2. The van der Waals surface area contributed by atoms with E-state index in [2.05, 4.69) is 185 Å². The number of hydrogen-bond donors (Lipinski definition) is 4. The van der Waals surface area contributed by atoms with Crippen LogP contribution in [0, 0.1) is 41.5 Å². The van der Waals surface area contributed by atoms with Gasteiger partial charge in [0.2, 0.25) is 5.89 Å². The predicted molar refractivity (Wildman–Crippen MR) is 449 cm³/mol. The maximum Gasteiger partial charge on any atom is 0.251 e. The maximum atomic E-state index is 10.9. The summed E-state index contributed by atoms with van der Waals surface area (Å²) in [5, 5.41) is 5.57. The van der Waals surface area contributed by atoms with Gasteiger partial charge in [-0.05, 0) is 196 Å². The molecule has 0 aliphatic heterocycles. The number of nitrogens with one attached hydrogen (secondary N) is 4. The molecule has 0 aliphatic rings. The molecule has 16 rings (SSSR count). The zero-order chi connectivity index (χ0) is 77.5. The number of aryl methyl sites for hydroxylation is 6. The number of nitrogens with zero attached hydrogens (tertiary/aromatic N) is 4. The summed E-state index contributed by atoms with van der Waals surface area (Å²) in [6.45, 7) is 23.2. The third-order valence-electron chi connectivity index (χ3n) is 16.4. The molecule has 1 amide bonds. The zero-order valence-corrected chi connectivity index (χ0v) is 64.8. The van der Waals surface area contributed by atoms with E-state index in [9.17, 15) is 9.59 Å². The standard InChI is InChI=1S/C21H16N4.C21H14N2O2.C20H18O.C10H14O.C8H9NO.C7H9N.C3H6O.2C2H6/c1-13-22-17-9-7-15(11-19(17)23-13)16-8-10-18-20(12-16)25-21(24-18)14-5-3-2-4-6-14;1-13-22-18-11-15(8-10-19(18)24-13)16-7-9-17-20(12-16)25-21(23-17)14-5-3-2-4-6-14;1-15-13-18(16-9-5-3-6-10-16)20(21-2)19(14-15)17-11-7-4-8-12-17;1-7-5-8(2)10(11-4)9(3)6-7;1-9-8(10)7-5-3-2-4-6-7;1-8-7-5-3-2-4-6-7;1-3(2)4;2*1-2/h2-12H,1H3,(H,22,23)(H,24,25);2-12H,1H3;3-14H,1-2H3;5-6H,1-4H3;2-6H,1H3,(H,9,10);2-6,8H,1H3;1-2H3;2*1-2H3. The van der Waals surface area contributed by atoms with Gasteiger partial charge in [-0.15, -0.1) is 0 Å². The summed E-state index contributed by atoms with van der Waals surface area (Å²) in [5.41, 5.74) is 25.3. The third kappa shape index (κ3) is 22.5. The highest BCUT2D eigenvalue weighted by Crippen LogP contribution is 2.40. The van der Waals surface area contributed by atoms with Crippen LogP contribution in [0.25, 0.3) is 112 Å². The minimum atomic E-state index is -0.0411. The molecule has 12 aromatic carbocycles. The average molecular weight is 1440 g/mol. The minimum Gasteiger partial charge on any atom is -0.496 e. The molecule has 0 fully saturated rings. The van der Waals surface area contributed by atoms with Crippen molar-refractivity contribution in [3.05, 3.63) is 319 Å². The maximum absolute atomic E-state index is 10.9. The van der Waals surface area contributed by atoms with Gasteiger partial charge in [0.05, 0.1) is 36.3 Å². The predicted octanol–water partition coefficient (Wildman–Crippen LogP) is 24.1. The summed E-state index contributed by atoms with van der Waals surface area (Å²) in [5.74, 6) is 5.20. The van der Waals surface area contributed by atoms with Crippen LogP contribution in [0.5, 0.6) is 11.5 Å². The van der Waals surface area contributed by atoms with E-state index in [4.69, 9.17) is 23.3 Å². The number of hydrogen-bond acceptors (Lipinski definition) is 11. The second-order valence-corrected chi connectivity index (χ2v) is 24.7. The molecule has 0 saturated carbocycles. The number of anilines is 1. The van der Waals surface area contributed by atoms with Crippen molar-refractivity contribution in [2.45, 2.75) is 83.1 Å². The smallest absolute Gasteiger partial charge is 0.251 e. The lowest BCUT2D eigenvalue weighted by Crippen LogP contribution is -2.17. The second kappa shape index (κ2) is 40.9. The number of H-pyrrole nitrogens is 2. The van der Waals surface area contributed by atoms with Gasteiger partial charge in [-0.2, -0.15) is 0 Å². The van der Waals surface area contributed by atoms with Crippen molar-refractivity contribution in [3.63, 3.8) is 0 Å². The van der Waals surface area contributed by atoms with Crippen LogP contribution in [0.4, 0.5) is 5.69 Å². The normalized spacial score (nSPS) is 10.1. The zero-order valence-electron chi connectivity index (χ0n) is 64.8. The third-order valence-corrected chi connectivity index (χ3v) is 16.4. The van der Waals surface area contributed by atoms with Crippen molar-refractivity contribution < 1.29 is 27.9 Å². The lowest BCUT2D eigenvalue weighted by molar-refractivity contribution is -0.115. The number of fused-ring (bicyclic) bond motifs is 4. The van der Waals surface area contributed by atoms with Gasteiger partial charge in [-0.25, -0.2) is 19.9 Å². The quantitative estimate of drug-likeness (QED) is 0.102. The minimum absolute atomic E-state index is 0.0411. The van der Waals surface area contributed by atoms with Crippen molar-refractivity contribution in [2.24, 2.45) is 0 Å². The molecule has 0 bridgehead atoms. The molecule has 0 aliphatic carbocycles. The molecule has 14 nitrogen and oxygen atoms in total. The Balaban J connectivity index is 0.000000167. The number of aromatic amines is 2. The molecule has 0 atom stereocenters. The average Bonchev–Trinajstić information content (AvgIpc) is 1.77. The number of ether oxygens (including phenoxy) is 2. The van der Waals surface area contributed by atoms with Gasteiger partial charge in [0, 0.05) is 54.5 Å². The van der Waals surface area contributed by atoms with Crippen molar-refractivity contribution in [3.8, 4) is 78.8 Å². The Morgan fingerprint density at radius 1 is 0.380 bits per heavy atom. The lowest BCUT2D eigenvalue weighted by Gasteiger charge is -2.15. The van der Waals surface area contributed by atoms with E-state index >= 15 is 0 Å². The molecule has 550 valence electrons. The number of benzene rings is 12. The van der Waals surface area contributed by atoms with E-state index in [1.807, 2.05) is 194 Å². The molecular weight excluding hydrogens is 1340 g/mol. The highest BCUT2D eigenvalue weighted by atomic mass is 16.5. The van der Waals surface area contributed by atoms with Crippen molar-refractivity contribution in [1.29, 1.82) is 0 Å². The number of aromatic nitrogens is 6. The molecule has 16 aromatic rings. The van der Waals surface area contributed by atoms with Crippen molar-refractivity contribution >= 4 is 61.6 Å². The molecule has 4 N–H and O–H groups in total. The van der Waals surface area contributed by atoms with E-state index in [1.165, 1.54) is 47.2 Å². The fraction of sp³-hybridized carbons (Fsp3) is 0.170. The Kier molecular flexibility index (Phi) is 30.6. The molecule has 4 aromatic heterocycles. The van der Waals surface area contributed by atoms with Gasteiger partial charge in [-0.1, -0.05) is 215 Å². The number of amides is 1. The summed E-state index contributed by atoms with van der Waals surface area (Å²) >= 11 is 0. The Morgan fingerprint density at radius 2 is 0.806 bits per heavy atom. The van der Waals surface area contributed by atoms with Crippen molar-refractivity contribution in [1.82, 2.24) is 35.2 Å². The SMILES string of the molecule is CC.CC.CC(C)=O.CNC(=O)c1ccccc1.CNc1ccccc1.COc1c(-c2ccccc2)cc(C)cc1-c1ccccc1.COc1c(C)cc(C)cc1C.Cc1nc2cc(-c3ccc4nc(-c5ccccc5)oc4c3)ccc2o1.Cc1nc2ccc(-c3ccc4nc(-c5ccccc5)[nH]c4c3)cc2[nH]1. The topological polar surface area (TPSA) is 186 Å². The molecular formula is C94H98N8O6. The molecule has 0 radical (unpaired) electrons. The van der Waals surface area contributed by atoms with Crippen LogP contribution in [0.15, 0.2) is 288 Å². The Morgan fingerprint density at radius 3 is 1.30 bits per heavy atom. The first-order valence-electron chi connectivity index (χ1n) is 36.2. The van der Waals surface area contributed by atoms with E-state index in [1.54, 1.807) is 33.4 Å². The molecule has 4 heterocycles. The number of para-hydroxylation sites is 1. The van der Waals surface area contributed by atoms with Gasteiger partial charge in [-0.3, -0.25) is 4.79 Å². The lowest BCUT2D eigenvalue weighted by atomic mass is 9.95. The second-order valence-electron chi connectivity index (χ2n) is 24.7. The number of Topliss-reactive ketones (excluding diaryl/α,β-unsaturated/α-hetero) is 1. The van der Waals surface area contributed by atoms with Gasteiger partial charge < -0.3 is 43.7 Å². The Labute approximate surface area is 635 Å². The number of imidazole rings is 2. The summed E-state index contributed by atoms with van der Waals surface area (Å²) in [7, 11) is 6.98. The number of rotatable bonds is 10. The van der Waals surface area contributed by atoms with Gasteiger partial charge >= 0.3 is 0 Å². The van der Waals surface area contributed by atoms with Gasteiger partial charge in [0.25, 0.3) is 5.91 Å². The van der Waals surface area contributed by atoms with Gasteiger partial charge in [0.15, 0.2) is 17.1 Å². The van der Waals surface area contributed by atoms with Crippen LogP contribution < -0.4 is 20.1 Å². The van der Waals surface area contributed by atoms with Gasteiger partial charge in [0.1, 0.15) is 40.0 Å². The molecule has 0 saturated heterocycles. The van der Waals surface area contributed by atoms with E-state index < -0.39 is 0 Å². The highest BCUT2D eigenvalue weighted by Gasteiger charge is 2.16. The Bertz CT molecular complexity index is 5160. The fourth-order valence-corrected chi connectivity index (χ4v) is 11.8. The number of carbonyl (C=O) groups excluding carboxylic acids is 2. The highest BCUT2D eigenvalue weighted by molar-refractivity contribution is 5.94. The summed E-state index contributed by atoms with van der Waals surface area (Å²) in [6.07, 6.45) is 0. The summed E-state index contributed by atoms with van der Waals surface area (Å²) in [4.78, 5) is 45.2. The van der Waals surface area contributed by atoms with Crippen molar-refractivity contribution in [2.75, 3.05) is 33.6 Å². The number of ketones is 1. The first-order valence-corrected chi connectivity index (χ1v) is 36.2. The van der Waals surface area contributed by atoms with Crippen LogP contribution in [-0.4, -0.2) is 69.9 Å². The molecule has 14 heteroatoms. The number of methoxy groups -OCH3 is 2. The molecule has 0 spiro atoms. The fourth-order valence-electron chi connectivity index (χ4n) is 11.8. The summed E-state index contributed by atoms with van der Waals surface area (Å²) < 4.78 is 22.5. The van der Waals surface area contributed by atoms with E-state index in [-0.39, 0.29) is 11.7 Å². The number of oxazole rings is 2. The van der Waals surface area contributed by atoms with Crippen LogP contribution in [0.3, 0.4) is 0 Å². The van der Waals surface area contributed by atoms with Crippen LogP contribution in [-0.2, 0) is 4.79 Å². The first-order chi connectivity index (χ1) is 52.5. The van der Waals surface area contributed by atoms with Crippen LogP contribution >= 0.6 is 0 Å². The molecule has 0 unspecified atom stereocenters. The first kappa shape index (κ1) is 80.7. The van der Waals surface area contributed by atoms with Crippen LogP contribution in [0.2, 0.25) is 0 Å². The summed E-state index contributed by atoms with van der Waals surface area (Å²) in [6, 6.07) is 93.4. The van der Waals surface area contributed by atoms with E-state index in [0.717, 1.165) is 118 Å². The van der Waals surface area contributed by atoms with Crippen LogP contribution in [0.1, 0.15) is 85.9 Å². The molecule has 108 heavy (non-hydrogen) atoms.